The molecule has 2 aromatic carbocycles. The first-order valence-electron chi connectivity index (χ1n) is 6.11. The zero-order chi connectivity index (χ0) is 13.2. The first kappa shape index (κ1) is 12.1. The first-order valence-corrected chi connectivity index (χ1v) is 6.88. The third-order valence-electron chi connectivity index (χ3n) is 3.14. The van der Waals surface area contributed by atoms with Crippen LogP contribution in [0.15, 0.2) is 53.4 Å². The Morgan fingerprint density at radius 3 is 2.84 bits per heavy atom. The minimum Gasteiger partial charge on any atom is -0.478 e. The lowest BCUT2D eigenvalue weighted by Crippen LogP contribution is -2.10. The number of aromatic carboxylic acids is 1. The van der Waals surface area contributed by atoms with Gasteiger partial charge in [0, 0.05) is 11.4 Å². The fourth-order valence-electron chi connectivity index (χ4n) is 2.22. The van der Waals surface area contributed by atoms with E-state index in [-0.39, 0.29) is 0 Å². The molecule has 0 unspecified atom stereocenters. The Balaban J connectivity index is 1.83. The molecule has 0 bridgehead atoms. The predicted molar refractivity (Wildman–Crippen MR) is 76.8 cm³/mol. The number of para-hydroxylation sites is 1. The number of nitrogens with zero attached hydrogens (tertiary/aromatic N) is 1. The molecular formula is C15H13NO2S. The lowest BCUT2D eigenvalue weighted by molar-refractivity contribution is 0.0696. The quantitative estimate of drug-likeness (QED) is 0.868. The van der Waals surface area contributed by atoms with Crippen molar-refractivity contribution in [1.29, 1.82) is 0 Å². The molecule has 96 valence electrons. The van der Waals surface area contributed by atoms with E-state index in [4.69, 9.17) is 5.11 Å². The molecule has 3 nitrogen and oxygen atoms in total. The Bertz CT molecular complexity index is 627. The summed E-state index contributed by atoms with van der Waals surface area (Å²) in [6.45, 7) is 0.960. The predicted octanol–water partition coefficient (Wildman–Crippen LogP) is 3.45. The van der Waals surface area contributed by atoms with Gasteiger partial charge in [-0.3, -0.25) is 0 Å². The second-order valence-corrected chi connectivity index (χ2v) is 5.50. The van der Waals surface area contributed by atoms with Crippen LogP contribution in [0.4, 0.5) is 5.69 Å². The van der Waals surface area contributed by atoms with Gasteiger partial charge in [-0.1, -0.05) is 24.3 Å². The molecule has 0 saturated carbocycles. The summed E-state index contributed by atoms with van der Waals surface area (Å²) in [5, 5.41) is 9.01. The maximum absolute atomic E-state index is 11.0. The summed E-state index contributed by atoms with van der Waals surface area (Å²) in [5.74, 6) is -0.885. The van der Waals surface area contributed by atoms with Gasteiger partial charge in [-0.15, -0.1) is 0 Å². The van der Waals surface area contributed by atoms with Crippen molar-refractivity contribution in [2.24, 2.45) is 0 Å². The Labute approximate surface area is 116 Å². The highest BCUT2D eigenvalue weighted by atomic mass is 32.2. The SMILES string of the molecule is O=C(O)c1cccc(SN2CCc3ccccc32)c1. The second kappa shape index (κ2) is 4.97. The average Bonchev–Trinajstić information content (AvgIpc) is 2.83. The van der Waals surface area contributed by atoms with Crippen molar-refractivity contribution < 1.29 is 9.90 Å². The fraction of sp³-hybridized carbons (Fsp3) is 0.133. The summed E-state index contributed by atoms with van der Waals surface area (Å²) < 4.78 is 2.22. The van der Waals surface area contributed by atoms with Crippen molar-refractivity contribution in [3.8, 4) is 0 Å². The van der Waals surface area contributed by atoms with Crippen LogP contribution in [0.5, 0.6) is 0 Å². The second-order valence-electron chi connectivity index (χ2n) is 4.41. The summed E-state index contributed by atoms with van der Waals surface area (Å²) in [6.07, 6.45) is 1.04. The lowest BCUT2D eigenvalue weighted by Gasteiger charge is -2.17. The van der Waals surface area contributed by atoms with E-state index in [1.165, 1.54) is 11.3 Å². The molecule has 0 aromatic heterocycles. The molecule has 0 atom stereocenters. The van der Waals surface area contributed by atoms with E-state index < -0.39 is 5.97 Å². The molecule has 1 aliphatic rings. The first-order chi connectivity index (χ1) is 9.24. The molecule has 0 saturated heterocycles. The monoisotopic (exact) mass is 271 g/mol. The molecule has 0 amide bonds. The van der Waals surface area contributed by atoms with Crippen molar-refractivity contribution in [3.63, 3.8) is 0 Å². The highest BCUT2D eigenvalue weighted by molar-refractivity contribution is 8.00. The van der Waals surface area contributed by atoms with Crippen LogP contribution in [0.2, 0.25) is 0 Å². The van der Waals surface area contributed by atoms with Crippen LogP contribution in [-0.2, 0) is 6.42 Å². The summed E-state index contributed by atoms with van der Waals surface area (Å²) in [5.41, 5.74) is 2.91. The number of hydrogen-bond donors (Lipinski definition) is 1. The maximum Gasteiger partial charge on any atom is 0.335 e. The Hall–Kier alpha value is -1.94. The number of carboxylic acid groups (broad SMARTS) is 1. The van der Waals surface area contributed by atoms with Gasteiger partial charge in [0.15, 0.2) is 0 Å². The Morgan fingerprint density at radius 1 is 1.16 bits per heavy atom. The summed E-state index contributed by atoms with van der Waals surface area (Å²) in [4.78, 5) is 11.9. The minimum absolute atomic E-state index is 0.331. The number of fused-ring (bicyclic) bond motifs is 1. The van der Waals surface area contributed by atoms with Gasteiger partial charge < -0.3 is 9.41 Å². The van der Waals surface area contributed by atoms with Gasteiger partial charge in [-0.05, 0) is 48.2 Å². The molecule has 0 aliphatic carbocycles. The molecule has 0 spiro atoms. The third-order valence-corrected chi connectivity index (χ3v) is 4.21. The number of carbonyl (C=O) groups is 1. The minimum atomic E-state index is -0.885. The Kier molecular flexibility index (Phi) is 3.17. The Morgan fingerprint density at radius 2 is 2.00 bits per heavy atom. The van der Waals surface area contributed by atoms with E-state index in [1.54, 1.807) is 30.1 Å². The third kappa shape index (κ3) is 2.44. The molecule has 4 heteroatoms. The van der Waals surface area contributed by atoms with E-state index in [2.05, 4.69) is 22.5 Å². The molecule has 1 heterocycles. The van der Waals surface area contributed by atoms with Crippen LogP contribution < -0.4 is 4.31 Å². The average molecular weight is 271 g/mol. The molecule has 0 radical (unpaired) electrons. The highest BCUT2D eigenvalue weighted by Gasteiger charge is 2.19. The van der Waals surface area contributed by atoms with Crippen LogP contribution in [0.25, 0.3) is 0 Å². The van der Waals surface area contributed by atoms with Gasteiger partial charge in [-0.2, -0.15) is 0 Å². The van der Waals surface area contributed by atoms with Gasteiger partial charge in [-0.25, -0.2) is 4.79 Å². The summed E-state index contributed by atoms with van der Waals surface area (Å²) in [7, 11) is 0. The number of anilines is 1. The van der Waals surface area contributed by atoms with Crippen molar-refractivity contribution in [2.45, 2.75) is 11.3 Å². The smallest absolute Gasteiger partial charge is 0.335 e. The standard InChI is InChI=1S/C15H13NO2S/c17-15(18)12-5-3-6-13(10-12)19-16-9-8-11-4-1-2-7-14(11)16/h1-7,10H,8-9H2,(H,17,18). The normalized spacial score (nSPS) is 13.4. The molecule has 3 rings (SSSR count). The van der Waals surface area contributed by atoms with Crippen LogP contribution in [0, 0.1) is 0 Å². The lowest BCUT2D eigenvalue weighted by atomic mass is 10.2. The van der Waals surface area contributed by atoms with Crippen molar-refractivity contribution in [3.05, 3.63) is 59.7 Å². The summed E-state index contributed by atoms with van der Waals surface area (Å²) >= 11 is 1.60. The molecule has 2 aromatic rings. The van der Waals surface area contributed by atoms with Crippen LogP contribution >= 0.6 is 11.9 Å². The van der Waals surface area contributed by atoms with Gasteiger partial charge in [0.25, 0.3) is 0 Å². The van der Waals surface area contributed by atoms with Crippen molar-refractivity contribution in [2.75, 3.05) is 10.8 Å². The van der Waals surface area contributed by atoms with Crippen LogP contribution in [0.3, 0.4) is 0 Å². The number of rotatable bonds is 3. The summed E-state index contributed by atoms with van der Waals surface area (Å²) in [6, 6.07) is 15.4. The largest absolute Gasteiger partial charge is 0.478 e. The molecule has 1 aliphatic heterocycles. The van der Waals surface area contributed by atoms with E-state index in [1.807, 2.05) is 12.1 Å². The highest BCUT2D eigenvalue weighted by Crippen LogP contribution is 2.36. The molecular weight excluding hydrogens is 258 g/mol. The van der Waals surface area contributed by atoms with E-state index in [9.17, 15) is 4.79 Å². The van der Waals surface area contributed by atoms with Crippen molar-refractivity contribution in [1.82, 2.24) is 0 Å². The molecule has 0 fully saturated rings. The van der Waals surface area contributed by atoms with E-state index in [0.717, 1.165) is 17.9 Å². The fourth-order valence-corrected chi connectivity index (χ4v) is 3.25. The van der Waals surface area contributed by atoms with E-state index in [0.29, 0.717) is 5.56 Å². The van der Waals surface area contributed by atoms with E-state index >= 15 is 0 Å². The van der Waals surface area contributed by atoms with Gasteiger partial charge in [0.05, 0.1) is 11.3 Å². The number of benzene rings is 2. The van der Waals surface area contributed by atoms with Gasteiger partial charge in [0.2, 0.25) is 0 Å². The van der Waals surface area contributed by atoms with Crippen LogP contribution in [0.1, 0.15) is 15.9 Å². The number of hydrogen-bond acceptors (Lipinski definition) is 3. The maximum atomic E-state index is 11.0. The molecule has 1 N–H and O–H groups in total. The van der Waals surface area contributed by atoms with Gasteiger partial charge in [0.1, 0.15) is 0 Å². The topological polar surface area (TPSA) is 40.5 Å². The zero-order valence-electron chi connectivity index (χ0n) is 10.2. The number of carboxylic acids is 1. The van der Waals surface area contributed by atoms with Crippen LogP contribution in [-0.4, -0.2) is 17.6 Å². The van der Waals surface area contributed by atoms with Gasteiger partial charge >= 0.3 is 5.97 Å². The van der Waals surface area contributed by atoms with Crippen molar-refractivity contribution >= 4 is 23.6 Å². The zero-order valence-corrected chi connectivity index (χ0v) is 11.1. The molecule has 19 heavy (non-hydrogen) atoms.